The van der Waals surface area contributed by atoms with E-state index in [1.807, 2.05) is 42.6 Å². The van der Waals surface area contributed by atoms with Crippen LogP contribution in [0.1, 0.15) is 17.3 Å². The highest BCUT2D eigenvalue weighted by molar-refractivity contribution is 9.11. The Morgan fingerprint density at radius 2 is 2.18 bits per heavy atom. The van der Waals surface area contributed by atoms with Crippen LogP contribution < -0.4 is 9.47 Å². The molecule has 2 heterocycles. The molecule has 6 heteroatoms. The van der Waals surface area contributed by atoms with E-state index in [1.165, 1.54) is 11.3 Å². The van der Waals surface area contributed by atoms with Gasteiger partial charge in [0.2, 0.25) is 0 Å². The van der Waals surface area contributed by atoms with Crippen LogP contribution in [0, 0.1) is 0 Å². The maximum absolute atomic E-state index is 12.5. The van der Waals surface area contributed by atoms with Crippen LogP contribution in [-0.4, -0.2) is 36.6 Å². The van der Waals surface area contributed by atoms with E-state index in [2.05, 4.69) is 15.9 Å². The molecule has 0 bridgehead atoms. The van der Waals surface area contributed by atoms with Crippen molar-refractivity contribution in [3.05, 3.63) is 45.1 Å². The second-order valence-electron chi connectivity index (χ2n) is 4.98. The molecule has 0 aliphatic carbocycles. The predicted octanol–water partition coefficient (Wildman–Crippen LogP) is 3.81. The van der Waals surface area contributed by atoms with Gasteiger partial charge in [-0.2, -0.15) is 0 Å². The van der Waals surface area contributed by atoms with Crippen molar-refractivity contribution in [2.24, 2.45) is 0 Å². The first-order valence-electron chi connectivity index (χ1n) is 7.09. The number of fused-ring (bicyclic) bond motifs is 1. The summed E-state index contributed by atoms with van der Waals surface area (Å²) < 4.78 is 12.6. The fourth-order valence-electron chi connectivity index (χ4n) is 2.36. The Morgan fingerprint density at radius 3 is 2.86 bits per heavy atom. The molecule has 3 rings (SSSR count). The average molecular weight is 382 g/mol. The van der Waals surface area contributed by atoms with Crippen LogP contribution in [0.25, 0.3) is 0 Å². The highest BCUT2D eigenvalue weighted by Crippen LogP contribution is 2.31. The number of halogens is 1. The van der Waals surface area contributed by atoms with Crippen molar-refractivity contribution in [3.8, 4) is 11.5 Å². The first kappa shape index (κ1) is 15.4. The summed E-state index contributed by atoms with van der Waals surface area (Å²) in [6.07, 6.45) is -0.152. The number of hydrogen-bond acceptors (Lipinski definition) is 4. The van der Waals surface area contributed by atoms with Crippen LogP contribution >= 0.6 is 27.3 Å². The molecule has 0 spiro atoms. The number of benzene rings is 1. The highest BCUT2D eigenvalue weighted by Gasteiger charge is 2.25. The number of ether oxygens (including phenoxy) is 2. The van der Waals surface area contributed by atoms with E-state index < -0.39 is 0 Å². The van der Waals surface area contributed by atoms with E-state index >= 15 is 0 Å². The van der Waals surface area contributed by atoms with Gasteiger partial charge in [-0.15, -0.1) is 11.3 Å². The van der Waals surface area contributed by atoms with Crippen molar-refractivity contribution in [1.82, 2.24) is 4.90 Å². The number of nitrogens with zero attached hydrogens (tertiary/aromatic N) is 1. The Kier molecular flexibility index (Phi) is 4.69. The maximum Gasteiger partial charge on any atom is 0.254 e. The third-order valence-corrected chi connectivity index (χ3v) is 4.98. The van der Waals surface area contributed by atoms with Crippen LogP contribution in [0.4, 0.5) is 0 Å². The summed E-state index contributed by atoms with van der Waals surface area (Å²) in [4.78, 5) is 14.3. The molecule has 1 unspecified atom stereocenters. The lowest BCUT2D eigenvalue weighted by atomic mass is 10.2. The smallest absolute Gasteiger partial charge is 0.254 e. The number of amides is 1. The maximum atomic E-state index is 12.5. The number of carbonyl (C=O) groups is 1. The van der Waals surface area contributed by atoms with Crippen molar-refractivity contribution in [1.29, 1.82) is 0 Å². The zero-order valence-electron chi connectivity index (χ0n) is 12.1. The highest BCUT2D eigenvalue weighted by atomic mass is 79.9. The third-order valence-electron chi connectivity index (χ3n) is 3.47. The van der Waals surface area contributed by atoms with Gasteiger partial charge in [-0.3, -0.25) is 4.79 Å². The van der Waals surface area contributed by atoms with E-state index in [-0.39, 0.29) is 12.0 Å². The lowest BCUT2D eigenvalue weighted by Crippen LogP contribution is -2.43. The topological polar surface area (TPSA) is 38.8 Å². The molecule has 4 nitrogen and oxygen atoms in total. The van der Waals surface area contributed by atoms with Gasteiger partial charge < -0.3 is 14.4 Å². The van der Waals surface area contributed by atoms with Crippen LogP contribution in [0.2, 0.25) is 0 Å². The van der Waals surface area contributed by atoms with Gasteiger partial charge in [-0.25, -0.2) is 0 Å². The van der Waals surface area contributed by atoms with Crippen molar-refractivity contribution in [2.45, 2.75) is 13.0 Å². The van der Waals surface area contributed by atoms with E-state index in [0.717, 1.165) is 15.3 Å². The normalized spacial score (nSPS) is 16.4. The summed E-state index contributed by atoms with van der Waals surface area (Å²) in [5.74, 6) is 1.52. The molecule has 22 heavy (non-hydrogen) atoms. The third kappa shape index (κ3) is 3.28. The first-order valence-corrected chi connectivity index (χ1v) is 8.76. The van der Waals surface area contributed by atoms with Gasteiger partial charge in [-0.1, -0.05) is 12.1 Å². The minimum absolute atomic E-state index is 0.0203. The molecule has 1 aliphatic rings. The largest absolute Gasteiger partial charge is 0.486 e. The summed E-state index contributed by atoms with van der Waals surface area (Å²) in [5, 5.41) is 1.86. The van der Waals surface area contributed by atoms with Crippen LogP contribution in [0.15, 0.2) is 39.5 Å². The summed E-state index contributed by atoms with van der Waals surface area (Å²) in [6.45, 7) is 3.57. The predicted molar refractivity (Wildman–Crippen MR) is 89.9 cm³/mol. The molecular formula is C16H16BrNO3S. The van der Waals surface area contributed by atoms with E-state index in [1.54, 1.807) is 4.90 Å². The van der Waals surface area contributed by atoms with Crippen molar-refractivity contribution >= 4 is 33.2 Å². The lowest BCUT2D eigenvalue weighted by Gasteiger charge is -2.30. The Bertz CT molecular complexity index is 673. The number of hydrogen-bond donors (Lipinski definition) is 0. The van der Waals surface area contributed by atoms with E-state index in [9.17, 15) is 4.79 Å². The number of rotatable bonds is 4. The molecule has 1 atom stereocenters. The van der Waals surface area contributed by atoms with Crippen molar-refractivity contribution in [2.75, 3.05) is 19.7 Å². The monoisotopic (exact) mass is 381 g/mol. The molecule has 1 aromatic heterocycles. The molecule has 1 aliphatic heterocycles. The number of carbonyl (C=O) groups excluding carboxylic acids is 1. The van der Waals surface area contributed by atoms with Crippen molar-refractivity contribution < 1.29 is 14.3 Å². The molecular weight excluding hydrogens is 366 g/mol. The molecule has 2 aromatic rings. The second kappa shape index (κ2) is 6.71. The Hall–Kier alpha value is -1.53. The van der Waals surface area contributed by atoms with Gasteiger partial charge in [0, 0.05) is 11.9 Å². The minimum Gasteiger partial charge on any atom is -0.486 e. The fourth-order valence-corrected chi connectivity index (χ4v) is 3.49. The van der Waals surface area contributed by atoms with Crippen LogP contribution in [-0.2, 0) is 0 Å². The summed E-state index contributed by atoms with van der Waals surface area (Å²) in [5.41, 5.74) is 0.704. The summed E-state index contributed by atoms with van der Waals surface area (Å²) in [7, 11) is 0. The van der Waals surface area contributed by atoms with Crippen LogP contribution in [0.3, 0.4) is 0 Å². The molecule has 0 saturated carbocycles. The Balaban J connectivity index is 1.68. The number of thiophene rings is 1. The second-order valence-corrected chi connectivity index (χ2v) is 7.27. The zero-order valence-corrected chi connectivity index (χ0v) is 14.5. The molecule has 0 saturated heterocycles. The fraction of sp³-hybridized carbons (Fsp3) is 0.312. The lowest BCUT2D eigenvalue weighted by molar-refractivity contribution is 0.0475. The van der Waals surface area contributed by atoms with Crippen molar-refractivity contribution in [3.63, 3.8) is 0 Å². The number of likely N-dealkylation sites (N-methyl/N-ethyl adjacent to an activating group) is 1. The quantitative estimate of drug-likeness (QED) is 0.807. The number of para-hydroxylation sites is 2. The molecule has 0 N–H and O–H groups in total. The molecule has 1 aromatic carbocycles. The molecule has 1 amide bonds. The Labute approximate surface area is 141 Å². The summed E-state index contributed by atoms with van der Waals surface area (Å²) in [6, 6.07) is 9.45. The van der Waals surface area contributed by atoms with Gasteiger partial charge in [0.1, 0.15) is 6.61 Å². The molecule has 0 radical (unpaired) electrons. The average Bonchev–Trinajstić information content (AvgIpc) is 2.98. The van der Waals surface area contributed by atoms with Gasteiger partial charge in [0.05, 0.1) is 15.9 Å². The zero-order chi connectivity index (χ0) is 15.5. The molecule has 0 fully saturated rings. The van der Waals surface area contributed by atoms with E-state index in [0.29, 0.717) is 25.3 Å². The van der Waals surface area contributed by atoms with Gasteiger partial charge in [-0.05, 0) is 41.1 Å². The van der Waals surface area contributed by atoms with E-state index in [4.69, 9.17) is 9.47 Å². The van der Waals surface area contributed by atoms with Gasteiger partial charge in [0.25, 0.3) is 5.91 Å². The first-order chi connectivity index (χ1) is 10.7. The Morgan fingerprint density at radius 1 is 1.41 bits per heavy atom. The SMILES string of the molecule is CCN(CC1COc2ccccc2O1)C(=O)c1csc(Br)c1. The van der Waals surface area contributed by atoms with Gasteiger partial charge >= 0.3 is 0 Å². The van der Waals surface area contributed by atoms with Gasteiger partial charge in [0.15, 0.2) is 17.6 Å². The summed E-state index contributed by atoms with van der Waals surface area (Å²) >= 11 is 4.90. The standard InChI is InChI=1S/C16H16BrNO3S/c1-2-18(16(19)11-7-15(17)22-10-11)8-12-9-20-13-5-3-4-6-14(13)21-12/h3-7,10,12H,2,8-9H2,1H3. The molecule has 116 valence electrons. The van der Waals surface area contributed by atoms with Crippen LogP contribution in [0.5, 0.6) is 11.5 Å². The minimum atomic E-state index is -0.152.